The molecule has 0 aliphatic rings. The third-order valence-electron chi connectivity index (χ3n) is 8.90. The molecule has 8 aromatic carbocycles. The molecule has 0 unspecified atom stereocenters. The van der Waals surface area contributed by atoms with E-state index in [0.29, 0.717) is 0 Å². The van der Waals surface area contributed by atoms with E-state index in [1.807, 2.05) is 17.3 Å². The summed E-state index contributed by atoms with van der Waals surface area (Å²) < 4.78 is 0. The van der Waals surface area contributed by atoms with Crippen molar-refractivity contribution < 1.29 is 17.3 Å². The van der Waals surface area contributed by atoms with Crippen LogP contribution in [0.2, 0.25) is 0 Å². The van der Waals surface area contributed by atoms with Gasteiger partial charge in [-0.3, -0.25) is 0 Å². The van der Waals surface area contributed by atoms with E-state index in [9.17, 15) is 0 Å². The number of hydrogen-bond donors (Lipinski definition) is 0. The quantitative estimate of drug-likeness (QED) is 0.0860. The van der Waals surface area contributed by atoms with Crippen molar-refractivity contribution in [2.75, 3.05) is 0 Å². The van der Waals surface area contributed by atoms with Crippen LogP contribution >= 0.6 is 25.5 Å². The van der Waals surface area contributed by atoms with Gasteiger partial charge in [0.05, 0.1) is 15.8 Å². The van der Waals surface area contributed by atoms with Crippen LogP contribution in [0.15, 0.2) is 194 Å². The molecule has 240 valence electrons. The predicted molar refractivity (Wildman–Crippen MR) is 219 cm³/mol. The van der Waals surface area contributed by atoms with Gasteiger partial charge in [0.2, 0.25) is 0 Å². The van der Waals surface area contributed by atoms with E-state index in [1.54, 1.807) is 0 Å². The number of fused-ring (bicyclic) bond motifs is 2. The molecule has 0 radical (unpaired) electrons. The van der Waals surface area contributed by atoms with E-state index in [-0.39, 0.29) is 7.43 Å². The largest absolute Gasteiger partial charge is 0.111 e. The Kier molecular flexibility index (Phi) is 11.9. The molecular formula is C45H37ClP2Ru+2. The molecule has 0 spiro atoms. The summed E-state index contributed by atoms with van der Waals surface area (Å²) >= 11 is 1.82. The van der Waals surface area contributed by atoms with Gasteiger partial charge in [-0.2, -0.15) is 0 Å². The van der Waals surface area contributed by atoms with E-state index in [0.717, 1.165) is 0 Å². The third-order valence-corrected chi connectivity index (χ3v) is 14.4. The first-order valence-corrected chi connectivity index (χ1v) is 21.2. The van der Waals surface area contributed by atoms with E-state index in [4.69, 9.17) is 0 Å². The van der Waals surface area contributed by atoms with Crippen molar-refractivity contribution in [3.8, 4) is 11.1 Å². The summed E-state index contributed by atoms with van der Waals surface area (Å²) in [5, 5.41) is 13.6. The zero-order valence-corrected chi connectivity index (χ0v) is 31.7. The van der Waals surface area contributed by atoms with Crippen molar-refractivity contribution in [1.82, 2.24) is 0 Å². The summed E-state index contributed by atoms with van der Waals surface area (Å²) in [5.41, 5.74) is 2.75. The summed E-state index contributed by atoms with van der Waals surface area (Å²) in [4.78, 5) is 0. The van der Waals surface area contributed by atoms with Crippen LogP contribution in [0.25, 0.3) is 32.7 Å². The fourth-order valence-corrected chi connectivity index (χ4v) is 12.4. The fourth-order valence-electron chi connectivity index (χ4n) is 6.87. The van der Waals surface area contributed by atoms with Crippen LogP contribution in [0.1, 0.15) is 0 Å². The molecular weight excluding hydrogens is 739 g/mol. The topological polar surface area (TPSA) is 0 Å². The molecule has 0 fully saturated rings. The average molecular weight is 776 g/mol. The van der Waals surface area contributed by atoms with Gasteiger partial charge in [0.25, 0.3) is 0 Å². The van der Waals surface area contributed by atoms with Gasteiger partial charge in [-0.25, -0.2) is 0 Å². The molecule has 0 N–H and O–H groups in total. The maximum absolute atomic E-state index is 4.57. The minimum Gasteiger partial charge on any atom is -0.0620 e. The molecule has 0 atom stereocenters. The first-order valence-electron chi connectivity index (χ1n) is 16.0. The smallest absolute Gasteiger partial charge is 0.0620 e. The van der Waals surface area contributed by atoms with E-state index < -0.39 is 15.8 Å². The van der Waals surface area contributed by atoms with Crippen LogP contribution in [0.3, 0.4) is 0 Å². The first kappa shape index (κ1) is 34.9. The Morgan fingerprint density at radius 1 is 0.306 bits per heavy atom. The van der Waals surface area contributed by atoms with E-state index >= 15 is 0 Å². The van der Waals surface area contributed by atoms with Crippen molar-refractivity contribution in [2.24, 2.45) is 0 Å². The number of hydrogen-bond acceptors (Lipinski definition) is 0. The van der Waals surface area contributed by atoms with Crippen molar-refractivity contribution in [2.45, 2.75) is 0 Å². The number of rotatable bonds is 7. The van der Waals surface area contributed by atoms with Crippen molar-refractivity contribution >= 4 is 78.9 Å². The Hall–Kier alpha value is -3.95. The monoisotopic (exact) mass is 776 g/mol. The summed E-state index contributed by atoms with van der Waals surface area (Å²) in [6, 6.07) is 72.2. The summed E-state index contributed by atoms with van der Waals surface area (Å²) in [5.74, 6) is 0. The summed E-state index contributed by atoms with van der Waals surface area (Å²) in [7, 11) is 1.83. The maximum atomic E-state index is 4.57. The Labute approximate surface area is 307 Å². The minimum atomic E-state index is -1.37. The standard InChI is InChI=1S/C44H32P2.CH3.ClH.Ru/c1-5-19-35(20-6-1)45(36-21-7-2-8-22-36)41-31-29-33-17-13-15-27-39(33)43(41)44-40-28-16-14-18-34(40)30-32-42(44)46(37-23-9-3-10-24-37)38-25-11-4-12-26-38;;;/h1-32H;1H3;1H;/q;-1;;+2/p+1. The number of benzene rings is 8. The van der Waals surface area contributed by atoms with Gasteiger partial charge in [-0.1, -0.05) is 133 Å². The summed E-state index contributed by atoms with van der Waals surface area (Å²) in [6.45, 7) is 0. The van der Waals surface area contributed by atoms with Gasteiger partial charge >= 0.3 is 27.0 Å². The Morgan fingerprint density at radius 2 is 0.571 bits per heavy atom. The zero-order valence-electron chi connectivity index (χ0n) is 27.2. The molecule has 0 aliphatic carbocycles. The molecule has 0 bridgehead atoms. The molecule has 0 aromatic heterocycles. The molecule has 0 heterocycles. The SMILES string of the molecule is [CH3-].[Cl][Ru+].c1ccc([PH+](c2ccccc2)c2ccc3ccccc3c2-c2c([PH+](c3ccccc3)c3ccccc3)ccc3ccccc23)cc1. The normalized spacial score (nSPS) is 10.9. The van der Waals surface area contributed by atoms with Crippen molar-refractivity contribution in [1.29, 1.82) is 0 Å². The van der Waals surface area contributed by atoms with E-state index in [1.165, 1.54) is 64.5 Å². The van der Waals surface area contributed by atoms with Crippen LogP contribution in [-0.2, 0) is 17.3 Å². The van der Waals surface area contributed by atoms with E-state index in [2.05, 4.69) is 204 Å². The molecule has 8 rings (SSSR count). The third kappa shape index (κ3) is 7.20. The van der Waals surface area contributed by atoms with Crippen LogP contribution < -0.4 is 31.8 Å². The van der Waals surface area contributed by atoms with Gasteiger partial charge in [-0.05, 0) is 82.2 Å². The second kappa shape index (κ2) is 16.6. The van der Waals surface area contributed by atoms with Gasteiger partial charge in [0, 0.05) is 11.1 Å². The second-order valence-electron chi connectivity index (χ2n) is 11.6. The van der Waals surface area contributed by atoms with Crippen LogP contribution in [0.4, 0.5) is 0 Å². The van der Waals surface area contributed by atoms with Gasteiger partial charge in [0.1, 0.15) is 31.8 Å². The predicted octanol–water partition coefficient (Wildman–Crippen LogP) is 9.78. The average Bonchev–Trinajstić information content (AvgIpc) is 3.17. The Bertz CT molecular complexity index is 2020. The minimum absolute atomic E-state index is 0. The van der Waals surface area contributed by atoms with Gasteiger partial charge in [0.15, 0.2) is 0 Å². The van der Waals surface area contributed by atoms with Crippen LogP contribution in [0.5, 0.6) is 0 Å². The molecule has 8 aromatic rings. The zero-order chi connectivity index (χ0) is 32.7. The van der Waals surface area contributed by atoms with Gasteiger partial charge < -0.3 is 7.43 Å². The molecule has 0 saturated heterocycles. The van der Waals surface area contributed by atoms with Crippen LogP contribution in [-0.4, -0.2) is 0 Å². The van der Waals surface area contributed by atoms with Crippen molar-refractivity contribution in [3.63, 3.8) is 0 Å². The molecule has 0 aliphatic heterocycles. The van der Waals surface area contributed by atoms with Gasteiger partial charge in [-0.15, -0.1) is 0 Å². The molecule has 0 nitrogen and oxygen atoms in total. The molecule has 4 heteroatoms. The fraction of sp³-hybridized carbons (Fsp3) is 0. The molecule has 49 heavy (non-hydrogen) atoms. The second-order valence-corrected chi connectivity index (χ2v) is 16.5. The molecule has 0 amide bonds. The Balaban J connectivity index is 0.00000136. The maximum Gasteiger partial charge on any atom is 0.111 e. The summed E-state index contributed by atoms with van der Waals surface area (Å²) in [6.07, 6.45) is 0. The molecule has 0 saturated carbocycles. The van der Waals surface area contributed by atoms with Crippen molar-refractivity contribution in [3.05, 3.63) is 202 Å². The van der Waals surface area contributed by atoms with Crippen LogP contribution in [0, 0.1) is 7.43 Å². The number of halogens is 1. The Morgan fingerprint density at radius 3 is 0.878 bits per heavy atom. The first-order chi connectivity index (χ1) is 23.9.